The number of carbonyl (C=O) groups excluding carboxylic acids is 1. The van der Waals surface area contributed by atoms with Crippen molar-refractivity contribution < 1.29 is 4.79 Å². The van der Waals surface area contributed by atoms with Crippen molar-refractivity contribution in [1.82, 2.24) is 20.1 Å². The Morgan fingerprint density at radius 1 is 1.65 bits per heavy atom. The Hall–Kier alpha value is -1.23. The van der Waals surface area contributed by atoms with Gasteiger partial charge in [0.2, 0.25) is 0 Å². The second-order valence-corrected chi connectivity index (χ2v) is 4.86. The smallest absolute Gasteiger partial charge is 0.160 e. The first-order valence-corrected chi connectivity index (χ1v) is 6.31. The minimum atomic E-state index is -0.358. The maximum absolute atomic E-state index is 12.2. The first-order chi connectivity index (χ1) is 8.15. The second kappa shape index (κ2) is 4.96. The molecule has 5 heteroatoms. The van der Waals surface area contributed by atoms with E-state index in [1.807, 2.05) is 11.6 Å². The molecule has 0 spiro atoms. The summed E-state index contributed by atoms with van der Waals surface area (Å²) in [5.41, 5.74) is -0.358. The van der Waals surface area contributed by atoms with Crippen molar-refractivity contribution >= 4 is 5.78 Å². The van der Waals surface area contributed by atoms with Gasteiger partial charge in [-0.3, -0.25) is 4.79 Å². The van der Waals surface area contributed by atoms with Gasteiger partial charge >= 0.3 is 0 Å². The fourth-order valence-electron chi connectivity index (χ4n) is 2.29. The van der Waals surface area contributed by atoms with Gasteiger partial charge in [0.1, 0.15) is 12.2 Å². The predicted molar refractivity (Wildman–Crippen MR) is 64.7 cm³/mol. The van der Waals surface area contributed by atoms with Crippen molar-refractivity contribution in [2.45, 2.75) is 51.6 Å². The molecule has 2 heterocycles. The maximum atomic E-state index is 12.2. The Morgan fingerprint density at radius 3 is 3.12 bits per heavy atom. The third kappa shape index (κ3) is 2.54. The Balaban J connectivity index is 2.04. The van der Waals surface area contributed by atoms with Crippen molar-refractivity contribution in [3.05, 3.63) is 12.2 Å². The monoisotopic (exact) mass is 236 g/mol. The zero-order valence-corrected chi connectivity index (χ0v) is 10.6. The second-order valence-electron chi connectivity index (χ2n) is 4.86. The molecule has 0 aliphatic carbocycles. The number of ketones is 1. The van der Waals surface area contributed by atoms with Gasteiger partial charge in [0.15, 0.2) is 5.78 Å². The number of nitrogens with one attached hydrogen (secondary N) is 1. The highest BCUT2D eigenvalue weighted by molar-refractivity contribution is 5.89. The van der Waals surface area contributed by atoms with Crippen LogP contribution in [-0.4, -0.2) is 32.6 Å². The van der Waals surface area contributed by atoms with Gasteiger partial charge in [-0.05, 0) is 32.7 Å². The summed E-state index contributed by atoms with van der Waals surface area (Å²) in [6.07, 6.45) is 4.91. The molecule has 0 bridgehead atoms. The van der Waals surface area contributed by atoms with Crippen LogP contribution < -0.4 is 5.32 Å². The van der Waals surface area contributed by atoms with Gasteiger partial charge in [0.25, 0.3) is 0 Å². The molecule has 1 N–H and O–H groups in total. The van der Waals surface area contributed by atoms with Crippen LogP contribution in [0.4, 0.5) is 0 Å². The van der Waals surface area contributed by atoms with Crippen LogP contribution >= 0.6 is 0 Å². The first kappa shape index (κ1) is 12.2. The average molecular weight is 236 g/mol. The molecule has 1 saturated heterocycles. The lowest BCUT2D eigenvalue weighted by Crippen LogP contribution is -2.45. The minimum absolute atomic E-state index is 0.223. The summed E-state index contributed by atoms with van der Waals surface area (Å²) in [5, 5.41) is 7.43. The predicted octanol–water partition coefficient (Wildman–Crippen LogP) is 0.942. The number of hydrogen-bond acceptors (Lipinski definition) is 4. The zero-order chi connectivity index (χ0) is 12.3. The molecule has 1 aromatic heterocycles. The largest absolute Gasteiger partial charge is 0.305 e. The molecule has 0 amide bonds. The standard InChI is InChI=1S/C12H20N4O/c1-3-7-16-11(13-9-15-16)8-10(17)12(2)5-4-6-14-12/h9,14H,3-8H2,1-2H3. The molecule has 1 unspecified atom stereocenters. The van der Waals surface area contributed by atoms with E-state index in [1.54, 1.807) is 0 Å². The third-order valence-corrected chi connectivity index (χ3v) is 3.43. The fraction of sp³-hybridized carbons (Fsp3) is 0.750. The number of nitrogens with zero attached hydrogens (tertiary/aromatic N) is 3. The van der Waals surface area contributed by atoms with Crippen LogP contribution in [0.2, 0.25) is 0 Å². The van der Waals surface area contributed by atoms with Gasteiger partial charge in [0, 0.05) is 6.54 Å². The summed E-state index contributed by atoms with van der Waals surface area (Å²) in [5.74, 6) is 1.01. The Kier molecular flexibility index (Phi) is 3.57. The number of Topliss-reactive ketones (excluding diaryl/α,β-unsaturated/α-hetero) is 1. The van der Waals surface area contributed by atoms with Gasteiger partial charge < -0.3 is 5.32 Å². The Labute approximate surface area is 102 Å². The van der Waals surface area contributed by atoms with E-state index < -0.39 is 0 Å². The number of aryl methyl sites for hydroxylation is 1. The quantitative estimate of drug-likeness (QED) is 0.826. The molecule has 0 saturated carbocycles. The van der Waals surface area contributed by atoms with Gasteiger partial charge in [-0.1, -0.05) is 6.92 Å². The highest BCUT2D eigenvalue weighted by Gasteiger charge is 2.35. The zero-order valence-electron chi connectivity index (χ0n) is 10.6. The van der Waals surface area contributed by atoms with E-state index in [2.05, 4.69) is 22.3 Å². The molecule has 1 aromatic rings. The highest BCUT2D eigenvalue weighted by atomic mass is 16.1. The third-order valence-electron chi connectivity index (χ3n) is 3.43. The number of hydrogen-bond donors (Lipinski definition) is 1. The minimum Gasteiger partial charge on any atom is -0.305 e. The molecular formula is C12H20N4O. The summed E-state index contributed by atoms with van der Waals surface area (Å²) >= 11 is 0. The summed E-state index contributed by atoms with van der Waals surface area (Å²) in [6.45, 7) is 5.84. The highest BCUT2D eigenvalue weighted by Crippen LogP contribution is 2.21. The Bertz CT molecular complexity index is 393. The van der Waals surface area contributed by atoms with Crippen molar-refractivity contribution in [3.63, 3.8) is 0 Å². The van der Waals surface area contributed by atoms with E-state index in [0.717, 1.165) is 38.2 Å². The van der Waals surface area contributed by atoms with Gasteiger partial charge in [-0.15, -0.1) is 0 Å². The molecular weight excluding hydrogens is 216 g/mol. The van der Waals surface area contributed by atoms with Crippen molar-refractivity contribution in [3.8, 4) is 0 Å². The average Bonchev–Trinajstić information content (AvgIpc) is 2.90. The number of rotatable bonds is 5. The van der Waals surface area contributed by atoms with Gasteiger partial charge in [-0.25, -0.2) is 9.67 Å². The van der Waals surface area contributed by atoms with Crippen LogP contribution in [0.1, 0.15) is 38.9 Å². The van der Waals surface area contributed by atoms with Crippen LogP contribution in [0.25, 0.3) is 0 Å². The van der Waals surface area contributed by atoms with E-state index in [0.29, 0.717) is 6.42 Å². The lowest BCUT2D eigenvalue weighted by Gasteiger charge is -2.22. The van der Waals surface area contributed by atoms with Gasteiger partial charge in [-0.2, -0.15) is 5.10 Å². The molecule has 5 nitrogen and oxygen atoms in total. The SMILES string of the molecule is CCCn1ncnc1CC(=O)C1(C)CCCN1. The van der Waals surface area contributed by atoms with Crippen LogP contribution in [0.15, 0.2) is 6.33 Å². The topological polar surface area (TPSA) is 59.8 Å². The van der Waals surface area contributed by atoms with E-state index in [1.165, 1.54) is 6.33 Å². The molecule has 94 valence electrons. The normalized spacial score (nSPS) is 24.1. The summed E-state index contributed by atoms with van der Waals surface area (Å²) in [4.78, 5) is 16.4. The fourth-order valence-corrected chi connectivity index (χ4v) is 2.29. The molecule has 1 atom stereocenters. The van der Waals surface area contributed by atoms with E-state index >= 15 is 0 Å². The van der Waals surface area contributed by atoms with Crippen molar-refractivity contribution in [1.29, 1.82) is 0 Å². The molecule has 1 aliphatic rings. The van der Waals surface area contributed by atoms with Crippen molar-refractivity contribution in [2.75, 3.05) is 6.54 Å². The van der Waals surface area contributed by atoms with Crippen LogP contribution in [0.5, 0.6) is 0 Å². The van der Waals surface area contributed by atoms with Gasteiger partial charge in [0.05, 0.1) is 12.0 Å². The molecule has 1 aliphatic heterocycles. The van der Waals surface area contributed by atoms with Crippen LogP contribution in [0.3, 0.4) is 0 Å². The molecule has 1 fully saturated rings. The van der Waals surface area contributed by atoms with E-state index in [-0.39, 0.29) is 11.3 Å². The van der Waals surface area contributed by atoms with E-state index in [4.69, 9.17) is 0 Å². The summed E-state index contributed by atoms with van der Waals surface area (Å²) in [6, 6.07) is 0. The van der Waals surface area contributed by atoms with Crippen LogP contribution in [-0.2, 0) is 17.8 Å². The lowest BCUT2D eigenvalue weighted by molar-refractivity contribution is -0.123. The van der Waals surface area contributed by atoms with E-state index in [9.17, 15) is 4.79 Å². The molecule has 17 heavy (non-hydrogen) atoms. The molecule has 2 rings (SSSR count). The summed E-state index contributed by atoms with van der Waals surface area (Å²) in [7, 11) is 0. The first-order valence-electron chi connectivity index (χ1n) is 6.31. The molecule has 0 aromatic carbocycles. The maximum Gasteiger partial charge on any atom is 0.160 e. The van der Waals surface area contributed by atoms with Crippen molar-refractivity contribution in [2.24, 2.45) is 0 Å². The lowest BCUT2D eigenvalue weighted by atomic mass is 9.92. The number of carbonyl (C=O) groups is 1. The van der Waals surface area contributed by atoms with Crippen LogP contribution in [0, 0.1) is 0 Å². The molecule has 0 radical (unpaired) electrons. The number of aromatic nitrogens is 3. The summed E-state index contributed by atoms with van der Waals surface area (Å²) < 4.78 is 1.83. The Morgan fingerprint density at radius 2 is 2.47 bits per heavy atom.